The number of anilines is 3. The molecular formula is C13H20N4O. The molecule has 0 saturated carbocycles. The lowest BCUT2D eigenvalue weighted by Gasteiger charge is -2.22. The summed E-state index contributed by atoms with van der Waals surface area (Å²) in [6.45, 7) is 3.61. The number of nitrogen functional groups attached to an aromatic ring is 2. The molecule has 1 amide bonds. The van der Waals surface area contributed by atoms with E-state index in [2.05, 4.69) is 5.32 Å². The Bertz CT molecular complexity index is 441. The molecule has 1 fully saturated rings. The zero-order valence-electron chi connectivity index (χ0n) is 10.6. The van der Waals surface area contributed by atoms with E-state index >= 15 is 0 Å². The van der Waals surface area contributed by atoms with Crippen LogP contribution in [0.4, 0.5) is 17.1 Å². The quantitative estimate of drug-likeness (QED) is 0.703. The smallest absolute Gasteiger partial charge is 0.244 e. The molecule has 5 heteroatoms. The van der Waals surface area contributed by atoms with Crippen LogP contribution in [0.3, 0.4) is 0 Å². The first-order valence-electron chi connectivity index (χ1n) is 6.28. The molecule has 0 spiro atoms. The number of hydrogen-bond acceptors (Lipinski definition) is 4. The van der Waals surface area contributed by atoms with Crippen molar-refractivity contribution in [2.24, 2.45) is 0 Å². The molecule has 1 saturated heterocycles. The summed E-state index contributed by atoms with van der Waals surface area (Å²) in [4.78, 5) is 14.0. The van der Waals surface area contributed by atoms with E-state index < -0.39 is 0 Å². The Morgan fingerprint density at radius 3 is 2.56 bits per heavy atom. The van der Waals surface area contributed by atoms with Gasteiger partial charge in [0.25, 0.3) is 0 Å². The average molecular weight is 248 g/mol. The Hall–Kier alpha value is -1.91. The topological polar surface area (TPSA) is 84.4 Å². The molecule has 1 aromatic carbocycles. The second-order valence-corrected chi connectivity index (χ2v) is 4.74. The minimum absolute atomic E-state index is 0.142. The highest BCUT2D eigenvalue weighted by atomic mass is 16.2. The molecule has 1 heterocycles. The molecule has 5 N–H and O–H groups in total. The van der Waals surface area contributed by atoms with Crippen molar-refractivity contribution in [1.82, 2.24) is 4.90 Å². The summed E-state index contributed by atoms with van der Waals surface area (Å²) in [7, 11) is 0. The molecular weight excluding hydrogens is 228 g/mol. The number of nitrogens with one attached hydrogen (secondary N) is 1. The van der Waals surface area contributed by atoms with Crippen LogP contribution in [0.25, 0.3) is 0 Å². The van der Waals surface area contributed by atoms with Gasteiger partial charge in [-0.05, 0) is 38.0 Å². The van der Waals surface area contributed by atoms with E-state index in [9.17, 15) is 4.79 Å². The van der Waals surface area contributed by atoms with E-state index in [1.807, 2.05) is 17.9 Å². The third-order valence-electron chi connectivity index (χ3n) is 3.26. The Morgan fingerprint density at radius 2 is 1.94 bits per heavy atom. The number of nitrogens with zero attached hydrogens (tertiary/aromatic N) is 1. The Kier molecular flexibility index (Phi) is 3.60. The molecule has 5 nitrogen and oxygen atoms in total. The molecule has 1 atom stereocenters. The highest BCUT2D eigenvalue weighted by Gasteiger charge is 2.22. The molecule has 1 aliphatic heterocycles. The second-order valence-electron chi connectivity index (χ2n) is 4.74. The number of carbonyl (C=O) groups excluding carboxylic acids is 1. The number of rotatable bonds is 3. The summed E-state index contributed by atoms with van der Waals surface area (Å²) >= 11 is 0. The third-order valence-corrected chi connectivity index (χ3v) is 3.26. The van der Waals surface area contributed by atoms with Gasteiger partial charge in [0.15, 0.2) is 0 Å². The van der Waals surface area contributed by atoms with Crippen LogP contribution in [0.15, 0.2) is 18.2 Å². The Morgan fingerprint density at radius 1 is 1.28 bits per heavy atom. The fraction of sp³-hybridized carbons (Fsp3) is 0.462. The lowest BCUT2D eigenvalue weighted by Crippen LogP contribution is -2.39. The molecule has 18 heavy (non-hydrogen) atoms. The van der Waals surface area contributed by atoms with Gasteiger partial charge in [0.05, 0.1) is 11.4 Å². The second kappa shape index (κ2) is 5.16. The van der Waals surface area contributed by atoms with Gasteiger partial charge in [-0.2, -0.15) is 0 Å². The number of nitrogens with two attached hydrogens (primary N) is 2. The summed E-state index contributed by atoms with van der Waals surface area (Å²) in [6.07, 6.45) is 2.21. The maximum atomic E-state index is 12.1. The van der Waals surface area contributed by atoms with Crippen molar-refractivity contribution in [2.75, 3.05) is 29.9 Å². The Balaban J connectivity index is 1.99. The van der Waals surface area contributed by atoms with Crippen molar-refractivity contribution >= 4 is 23.0 Å². The number of amides is 1. The number of benzene rings is 1. The van der Waals surface area contributed by atoms with E-state index in [1.165, 1.54) is 0 Å². The first-order chi connectivity index (χ1) is 8.58. The summed E-state index contributed by atoms with van der Waals surface area (Å²) in [5, 5.41) is 3.16. The lowest BCUT2D eigenvalue weighted by atomic mass is 10.2. The molecule has 0 aromatic heterocycles. The summed E-state index contributed by atoms with van der Waals surface area (Å²) in [5.74, 6) is 0.142. The van der Waals surface area contributed by atoms with Crippen molar-refractivity contribution in [3.05, 3.63) is 18.2 Å². The maximum absolute atomic E-state index is 12.1. The van der Waals surface area contributed by atoms with Gasteiger partial charge in [0.1, 0.15) is 6.04 Å². The maximum Gasteiger partial charge on any atom is 0.244 e. The highest BCUT2D eigenvalue weighted by Crippen LogP contribution is 2.20. The summed E-state index contributed by atoms with van der Waals surface area (Å²) in [5.41, 5.74) is 13.3. The third kappa shape index (κ3) is 2.67. The van der Waals surface area contributed by atoms with Crippen LogP contribution in [-0.2, 0) is 4.79 Å². The minimum Gasteiger partial charge on any atom is -0.397 e. The van der Waals surface area contributed by atoms with E-state index in [0.717, 1.165) is 31.6 Å². The SMILES string of the molecule is CC(Nc1ccc(N)c(N)c1)C(=O)N1CCCC1. The molecule has 1 unspecified atom stereocenters. The van der Waals surface area contributed by atoms with Crippen molar-refractivity contribution in [1.29, 1.82) is 0 Å². The average Bonchev–Trinajstić information content (AvgIpc) is 2.86. The van der Waals surface area contributed by atoms with Crippen LogP contribution >= 0.6 is 0 Å². The molecule has 0 radical (unpaired) electrons. The van der Waals surface area contributed by atoms with Crippen molar-refractivity contribution < 1.29 is 4.79 Å². The minimum atomic E-state index is -0.244. The standard InChI is InChI=1S/C13H20N4O/c1-9(13(18)17-6-2-3-7-17)16-10-4-5-11(14)12(15)8-10/h4-5,8-9,16H,2-3,6-7,14-15H2,1H3. The molecule has 0 bridgehead atoms. The fourth-order valence-corrected chi connectivity index (χ4v) is 2.19. The first kappa shape index (κ1) is 12.5. The first-order valence-corrected chi connectivity index (χ1v) is 6.28. The van der Waals surface area contributed by atoms with Crippen LogP contribution in [0, 0.1) is 0 Å². The van der Waals surface area contributed by atoms with Crippen molar-refractivity contribution in [3.8, 4) is 0 Å². The Labute approximate surface area is 107 Å². The normalized spacial score (nSPS) is 16.6. The zero-order valence-corrected chi connectivity index (χ0v) is 10.6. The van der Waals surface area contributed by atoms with E-state index in [4.69, 9.17) is 11.5 Å². The predicted molar refractivity (Wildman–Crippen MR) is 74.2 cm³/mol. The van der Waals surface area contributed by atoms with Gasteiger partial charge in [0.2, 0.25) is 5.91 Å². The fourth-order valence-electron chi connectivity index (χ4n) is 2.19. The van der Waals surface area contributed by atoms with Crippen LogP contribution in [0.2, 0.25) is 0 Å². The monoisotopic (exact) mass is 248 g/mol. The molecule has 0 aliphatic carbocycles. The molecule has 98 valence electrons. The lowest BCUT2D eigenvalue weighted by molar-refractivity contribution is -0.130. The number of likely N-dealkylation sites (tertiary alicyclic amines) is 1. The van der Waals surface area contributed by atoms with Gasteiger partial charge in [0, 0.05) is 18.8 Å². The largest absolute Gasteiger partial charge is 0.397 e. The van der Waals surface area contributed by atoms with Gasteiger partial charge < -0.3 is 21.7 Å². The van der Waals surface area contributed by atoms with Gasteiger partial charge in [-0.3, -0.25) is 4.79 Å². The molecule has 2 rings (SSSR count). The number of carbonyl (C=O) groups is 1. The van der Waals surface area contributed by atoms with E-state index in [1.54, 1.807) is 12.1 Å². The van der Waals surface area contributed by atoms with Gasteiger partial charge >= 0.3 is 0 Å². The summed E-state index contributed by atoms with van der Waals surface area (Å²) in [6, 6.07) is 5.08. The predicted octanol–water partition coefficient (Wildman–Crippen LogP) is 1.27. The van der Waals surface area contributed by atoms with Crippen LogP contribution in [0.5, 0.6) is 0 Å². The van der Waals surface area contributed by atoms with Crippen LogP contribution in [0.1, 0.15) is 19.8 Å². The van der Waals surface area contributed by atoms with Crippen LogP contribution < -0.4 is 16.8 Å². The summed E-state index contributed by atoms with van der Waals surface area (Å²) < 4.78 is 0. The molecule has 1 aromatic rings. The molecule has 1 aliphatic rings. The number of hydrogen-bond donors (Lipinski definition) is 3. The van der Waals surface area contributed by atoms with Gasteiger partial charge in [-0.1, -0.05) is 0 Å². The van der Waals surface area contributed by atoms with Crippen molar-refractivity contribution in [2.45, 2.75) is 25.8 Å². The highest BCUT2D eigenvalue weighted by molar-refractivity contribution is 5.85. The van der Waals surface area contributed by atoms with Gasteiger partial charge in [-0.15, -0.1) is 0 Å². The van der Waals surface area contributed by atoms with E-state index in [-0.39, 0.29) is 11.9 Å². The van der Waals surface area contributed by atoms with Crippen molar-refractivity contribution in [3.63, 3.8) is 0 Å². The van der Waals surface area contributed by atoms with E-state index in [0.29, 0.717) is 11.4 Å². The zero-order chi connectivity index (χ0) is 13.1. The van der Waals surface area contributed by atoms with Crippen LogP contribution in [-0.4, -0.2) is 29.9 Å². The van der Waals surface area contributed by atoms with Gasteiger partial charge in [-0.25, -0.2) is 0 Å².